The van der Waals surface area contributed by atoms with E-state index in [1.807, 2.05) is 4.90 Å². The number of carbonyl (C=O) groups is 2. The lowest BCUT2D eigenvalue weighted by Gasteiger charge is -2.22. The van der Waals surface area contributed by atoms with E-state index in [1.54, 1.807) is 18.3 Å². The number of amides is 2. The van der Waals surface area contributed by atoms with Crippen LogP contribution in [0.2, 0.25) is 0 Å². The van der Waals surface area contributed by atoms with Gasteiger partial charge in [-0.2, -0.15) is 0 Å². The van der Waals surface area contributed by atoms with Crippen molar-refractivity contribution in [3.05, 3.63) is 23.9 Å². The van der Waals surface area contributed by atoms with Crippen molar-refractivity contribution < 1.29 is 14.3 Å². The molecule has 170 valence electrons. The summed E-state index contributed by atoms with van der Waals surface area (Å²) in [6.07, 6.45) is 9.10. The number of aromatic nitrogens is 1. The highest BCUT2D eigenvalue weighted by Crippen LogP contribution is 2.18. The molecule has 0 aromatic carbocycles. The summed E-state index contributed by atoms with van der Waals surface area (Å²) >= 11 is 0. The fourth-order valence-electron chi connectivity index (χ4n) is 4.78. The van der Waals surface area contributed by atoms with Crippen LogP contribution in [0.15, 0.2) is 18.3 Å². The molecule has 0 spiro atoms. The predicted molar refractivity (Wildman–Crippen MR) is 118 cm³/mol. The summed E-state index contributed by atoms with van der Waals surface area (Å²) in [5.41, 5.74) is 0.511. The molecule has 0 saturated carbocycles. The largest absolute Gasteiger partial charge is 0.478 e. The monoisotopic (exact) mass is 429 g/mol. The molecule has 2 amide bonds. The van der Waals surface area contributed by atoms with Crippen molar-refractivity contribution in [3.8, 4) is 5.88 Å². The second-order valence-corrected chi connectivity index (χ2v) is 8.97. The van der Waals surface area contributed by atoms with Crippen LogP contribution in [-0.2, 0) is 4.79 Å². The average Bonchev–Trinajstić information content (AvgIpc) is 3.50. The maximum atomic E-state index is 12.6. The van der Waals surface area contributed by atoms with Crippen molar-refractivity contribution in [3.63, 3.8) is 0 Å². The van der Waals surface area contributed by atoms with Crippen LogP contribution in [0.5, 0.6) is 5.88 Å². The van der Waals surface area contributed by atoms with E-state index in [0.717, 1.165) is 51.4 Å². The van der Waals surface area contributed by atoms with Gasteiger partial charge in [0, 0.05) is 37.9 Å². The number of rotatable bonds is 8. The summed E-state index contributed by atoms with van der Waals surface area (Å²) in [6, 6.07) is 3.27. The van der Waals surface area contributed by atoms with Gasteiger partial charge in [0.1, 0.15) is 0 Å². The SMILES string of the molecule is O=C(N[C@@H]1CN[C@H](C(=O)N2CCCC2)C1)c1ccc(OCCCC2CCNCC2)nc1. The fourth-order valence-corrected chi connectivity index (χ4v) is 4.78. The molecule has 3 aliphatic rings. The minimum Gasteiger partial charge on any atom is -0.478 e. The van der Waals surface area contributed by atoms with E-state index in [0.29, 0.717) is 31.0 Å². The number of nitrogens with one attached hydrogen (secondary N) is 3. The normalized spacial score (nSPS) is 24.3. The van der Waals surface area contributed by atoms with Gasteiger partial charge in [-0.3, -0.25) is 9.59 Å². The third-order valence-corrected chi connectivity index (χ3v) is 6.65. The maximum Gasteiger partial charge on any atom is 0.253 e. The summed E-state index contributed by atoms with van der Waals surface area (Å²) in [4.78, 5) is 31.3. The molecule has 0 radical (unpaired) electrons. The van der Waals surface area contributed by atoms with E-state index < -0.39 is 0 Å². The Morgan fingerprint density at radius 3 is 2.74 bits per heavy atom. The van der Waals surface area contributed by atoms with Gasteiger partial charge in [-0.25, -0.2) is 4.98 Å². The van der Waals surface area contributed by atoms with E-state index in [2.05, 4.69) is 20.9 Å². The summed E-state index contributed by atoms with van der Waals surface area (Å²) < 4.78 is 5.74. The Kier molecular flexibility index (Phi) is 7.75. The van der Waals surface area contributed by atoms with Gasteiger partial charge in [0.15, 0.2) is 0 Å². The lowest BCUT2D eigenvalue weighted by Crippen LogP contribution is -2.42. The number of hydrogen-bond donors (Lipinski definition) is 3. The molecule has 3 fully saturated rings. The first-order chi connectivity index (χ1) is 15.2. The van der Waals surface area contributed by atoms with Crippen molar-refractivity contribution in [2.75, 3.05) is 39.3 Å². The van der Waals surface area contributed by atoms with Crippen molar-refractivity contribution in [2.24, 2.45) is 5.92 Å². The Bertz CT molecular complexity index is 729. The minimum atomic E-state index is -0.192. The Morgan fingerprint density at radius 2 is 2.00 bits per heavy atom. The van der Waals surface area contributed by atoms with Crippen LogP contribution in [0.25, 0.3) is 0 Å². The third kappa shape index (κ3) is 6.17. The van der Waals surface area contributed by atoms with Gasteiger partial charge in [-0.15, -0.1) is 0 Å². The maximum absolute atomic E-state index is 12.6. The van der Waals surface area contributed by atoms with Crippen molar-refractivity contribution in [1.82, 2.24) is 25.8 Å². The van der Waals surface area contributed by atoms with Crippen LogP contribution in [0.3, 0.4) is 0 Å². The van der Waals surface area contributed by atoms with Crippen LogP contribution >= 0.6 is 0 Å². The highest BCUT2D eigenvalue weighted by atomic mass is 16.5. The zero-order valence-corrected chi connectivity index (χ0v) is 18.3. The van der Waals surface area contributed by atoms with Gasteiger partial charge in [-0.05, 0) is 70.0 Å². The van der Waals surface area contributed by atoms with Crippen LogP contribution in [0.1, 0.15) is 55.3 Å². The van der Waals surface area contributed by atoms with Gasteiger partial charge >= 0.3 is 0 Å². The standard InChI is InChI=1S/C23H35N5O3/c29-22(27-19-14-20(25-16-19)23(30)28-11-1-2-12-28)18-5-6-21(26-15-18)31-13-3-4-17-7-9-24-10-8-17/h5-6,15,17,19-20,24-25H,1-4,7-14,16H2,(H,27,29)/t19-,20-/m0/s1. The molecule has 1 aromatic heterocycles. The van der Waals surface area contributed by atoms with Crippen LogP contribution in [0, 0.1) is 5.92 Å². The van der Waals surface area contributed by atoms with Crippen molar-refractivity contribution in [2.45, 2.75) is 57.0 Å². The number of nitrogens with zero attached hydrogens (tertiary/aromatic N) is 2. The van der Waals surface area contributed by atoms with Gasteiger partial charge in [0.25, 0.3) is 5.91 Å². The van der Waals surface area contributed by atoms with E-state index in [9.17, 15) is 9.59 Å². The first kappa shape index (κ1) is 22.0. The van der Waals surface area contributed by atoms with E-state index >= 15 is 0 Å². The Labute approximate surface area is 184 Å². The lowest BCUT2D eigenvalue weighted by molar-refractivity contribution is -0.132. The molecule has 4 heterocycles. The van der Waals surface area contributed by atoms with Crippen LogP contribution in [-0.4, -0.2) is 73.1 Å². The van der Waals surface area contributed by atoms with E-state index in [4.69, 9.17) is 4.74 Å². The highest BCUT2D eigenvalue weighted by molar-refractivity contribution is 5.94. The number of likely N-dealkylation sites (tertiary alicyclic amines) is 1. The highest BCUT2D eigenvalue weighted by Gasteiger charge is 2.33. The molecule has 8 heteroatoms. The first-order valence-corrected chi connectivity index (χ1v) is 11.8. The predicted octanol–water partition coefficient (Wildman–Crippen LogP) is 1.32. The Balaban J connectivity index is 1.16. The Hall–Kier alpha value is -2.19. The molecule has 4 rings (SSSR count). The van der Waals surface area contributed by atoms with Gasteiger partial charge in [0.05, 0.1) is 18.2 Å². The summed E-state index contributed by atoms with van der Waals surface area (Å²) in [6.45, 7) is 5.23. The smallest absolute Gasteiger partial charge is 0.253 e. The molecular formula is C23H35N5O3. The second-order valence-electron chi connectivity index (χ2n) is 8.97. The molecule has 3 saturated heterocycles. The van der Waals surface area contributed by atoms with Crippen molar-refractivity contribution in [1.29, 1.82) is 0 Å². The summed E-state index contributed by atoms with van der Waals surface area (Å²) in [5, 5.41) is 9.67. The summed E-state index contributed by atoms with van der Waals surface area (Å²) in [5.74, 6) is 1.36. The van der Waals surface area contributed by atoms with Crippen LogP contribution < -0.4 is 20.7 Å². The number of ether oxygens (including phenoxy) is 1. The average molecular weight is 430 g/mol. The van der Waals surface area contributed by atoms with Gasteiger partial charge in [-0.1, -0.05) is 0 Å². The Morgan fingerprint density at radius 1 is 1.19 bits per heavy atom. The van der Waals surface area contributed by atoms with E-state index in [-0.39, 0.29) is 23.9 Å². The minimum absolute atomic E-state index is 0.0463. The van der Waals surface area contributed by atoms with Gasteiger partial charge < -0.3 is 25.6 Å². The number of piperidine rings is 1. The number of carbonyl (C=O) groups excluding carboxylic acids is 2. The molecule has 31 heavy (non-hydrogen) atoms. The molecular weight excluding hydrogens is 394 g/mol. The fraction of sp³-hybridized carbons (Fsp3) is 0.696. The van der Waals surface area contributed by atoms with E-state index in [1.165, 1.54) is 19.3 Å². The van der Waals surface area contributed by atoms with Crippen molar-refractivity contribution >= 4 is 11.8 Å². The molecule has 8 nitrogen and oxygen atoms in total. The zero-order chi connectivity index (χ0) is 21.5. The van der Waals surface area contributed by atoms with Crippen LogP contribution in [0.4, 0.5) is 0 Å². The molecule has 1 aromatic rings. The topological polar surface area (TPSA) is 95.6 Å². The molecule has 2 atom stereocenters. The second kappa shape index (κ2) is 10.9. The molecule has 0 bridgehead atoms. The molecule has 3 N–H and O–H groups in total. The third-order valence-electron chi connectivity index (χ3n) is 6.65. The number of pyridine rings is 1. The first-order valence-electron chi connectivity index (χ1n) is 11.8. The number of hydrogen-bond acceptors (Lipinski definition) is 6. The molecule has 3 aliphatic heterocycles. The quantitative estimate of drug-likeness (QED) is 0.540. The molecule has 0 unspecified atom stereocenters. The molecule has 0 aliphatic carbocycles. The zero-order valence-electron chi connectivity index (χ0n) is 18.3. The summed E-state index contributed by atoms with van der Waals surface area (Å²) in [7, 11) is 0. The van der Waals surface area contributed by atoms with Gasteiger partial charge in [0.2, 0.25) is 11.8 Å². The lowest BCUT2D eigenvalue weighted by atomic mass is 9.93.